The first-order valence-corrected chi connectivity index (χ1v) is 6.67. The van der Waals surface area contributed by atoms with E-state index in [0.29, 0.717) is 5.69 Å². The predicted molar refractivity (Wildman–Crippen MR) is 74.1 cm³/mol. The molecule has 0 aliphatic carbocycles. The molecule has 1 rings (SSSR count). The number of nitrogens with two attached hydrogens (primary N) is 1. The summed E-state index contributed by atoms with van der Waals surface area (Å²) < 4.78 is 5.57. The monoisotopic (exact) mass is 249 g/mol. The third-order valence-electron chi connectivity index (χ3n) is 2.78. The molecule has 0 unspecified atom stereocenters. The van der Waals surface area contributed by atoms with Gasteiger partial charge in [-0.1, -0.05) is 39.0 Å². The van der Waals surface area contributed by atoms with Crippen LogP contribution in [0.4, 0.5) is 0 Å². The molecule has 0 aliphatic rings. The molecule has 0 radical (unpaired) electrons. The summed E-state index contributed by atoms with van der Waals surface area (Å²) in [5.41, 5.74) is 5.81. The summed E-state index contributed by atoms with van der Waals surface area (Å²) in [5, 5.41) is 7.23. The molecule has 4 nitrogen and oxygen atoms in total. The number of unbranched alkanes of at least 4 members (excludes halogenated alkanes) is 5. The topological polar surface area (TPSA) is 72.0 Å². The van der Waals surface area contributed by atoms with E-state index in [1.165, 1.54) is 32.1 Å². The molecule has 4 heteroatoms. The SMILES string of the molecule is CCCCCCCCOc1ccc(C(=N)N)nc1. The maximum atomic E-state index is 7.23. The van der Waals surface area contributed by atoms with E-state index in [9.17, 15) is 0 Å². The number of rotatable bonds is 9. The zero-order valence-corrected chi connectivity index (χ0v) is 11.1. The Labute approximate surface area is 109 Å². The van der Waals surface area contributed by atoms with Gasteiger partial charge >= 0.3 is 0 Å². The zero-order chi connectivity index (χ0) is 13.2. The summed E-state index contributed by atoms with van der Waals surface area (Å²) in [6.07, 6.45) is 9.15. The first-order chi connectivity index (χ1) is 8.74. The van der Waals surface area contributed by atoms with Gasteiger partial charge < -0.3 is 10.5 Å². The van der Waals surface area contributed by atoms with Crippen LogP contribution in [0.15, 0.2) is 18.3 Å². The summed E-state index contributed by atoms with van der Waals surface area (Å²) in [6.45, 7) is 2.95. The third-order valence-corrected chi connectivity index (χ3v) is 2.78. The lowest BCUT2D eigenvalue weighted by atomic mass is 10.1. The van der Waals surface area contributed by atoms with Crippen molar-refractivity contribution in [3.63, 3.8) is 0 Å². The molecule has 0 atom stereocenters. The number of aromatic nitrogens is 1. The van der Waals surface area contributed by atoms with Crippen LogP contribution >= 0.6 is 0 Å². The van der Waals surface area contributed by atoms with Crippen molar-refractivity contribution < 1.29 is 4.74 Å². The van der Waals surface area contributed by atoms with Crippen LogP contribution in [-0.4, -0.2) is 17.4 Å². The molecule has 1 aromatic rings. The van der Waals surface area contributed by atoms with Gasteiger partial charge in [-0.15, -0.1) is 0 Å². The van der Waals surface area contributed by atoms with Gasteiger partial charge in [0, 0.05) is 0 Å². The van der Waals surface area contributed by atoms with E-state index in [1.54, 1.807) is 18.3 Å². The van der Waals surface area contributed by atoms with E-state index in [1.807, 2.05) is 0 Å². The van der Waals surface area contributed by atoms with Gasteiger partial charge in [-0.05, 0) is 18.6 Å². The highest BCUT2D eigenvalue weighted by Crippen LogP contribution is 2.10. The smallest absolute Gasteiger partial charge is 0.141 e. The number of amidine groups is 1. The van der Waals surface area contributed by atoms with E-state index in [2.05, 4.69) is 11.9 Å². The fourth-order valence-corrected chi connectivity index (χ4v) is 1.70. The van der Waals surface area contributed by atoms with Crippen molar-refractivity contribution in [2.75, 3.05) is 6.61 Å². The number of ether oxygens (including phenoxy) is 1. The fraction of sp³-hybridized carbons (Fsp3) is 0.571. The van der Waals surface area contributed by atoms with E-state index < -0.39 is 0 Å². The minimum atomic E-state index is -0.0162. The average molecular weight is 249 g/mol. The van der Waals surface area contributed by atoms with Gasteiger partial charge in [0.15, 0.2) is 0 Å². The molecule has 18 heavy (non-hydrogen) atoms. The Morgan fingerprint density at radius 3 is 2.56 bits per heavy atom. The second-order valence-corrected chi connectivity index (χ2v) is 4.41. The maximum absolute atomic E-state index is 7.23. The Hall–Kier alpha value is -1.58. The highest BCUT2D eigenvalue weighted by Gasteiger charge is 1.99. The van der Waals surface area contributed by atoms with Gasteiger partial charge in [-0.2, -0.15) is 0 Å². The van der Waals surface area contributed by atoms with Crippen LogP contribution in [0, 0.1) is 5.41 Å². The standard InChI is InChI=1S/C14H23N3O/c1-2-3-4-5-6-7-10-18-12-8-9-13(14(15)16)17-11-12/h8-9,11H,2-7,10H2,1H3,(H3,15,16). The van der Waals surface area contributed by atoms with Crippen LogP contribution in [0.5, 0.6) is 5.75 Å². The van der Waals surface area contributed by atoms with E-state index in [4.69, 9.17) is 15.9 Å². The summed E-state index contributed by atoms with van der Waals surface area (Å²) >= 11 is 0. The van der Waals surface area contributed by atoms with Gasteiger partial charge in [-0.25, -0.2) is 4.98 Å². The predicted octanol–water partition coefficient (Wildman–Crippen LogP) is 3.10. The van der Waals surface area contributed by atoms with Crippen molar-refractivity contribution in [2.24, 2.45) is 5.73 Å². The lowest BCUT2D eigenvalue weighted by Gasteiger charge is -2.06. The van der Waals surface area contributed by atoms with Gasteiger partial charge in [0.05, 0.1) is 12.8 Å². The normalized spacial score (nSPS) is 10.3. The molecule has 0 aromatic carbocycles. The molecule has 0 saturated carbocycles. The van der Waals surface area contributed by atoms with Gasteiger partial charge in [0.1, 0.15) is 17.3 Å². The van der Waals surface area contributed by atoms with Crippen molar-refractivity contribution in [2.45, 2.75) is 45.4 Å². The third kappa shape index (κ3) is 5.66. The second kappa shape index (κ2) is 8.50. The van der Waals surface area contributed by atoms with Crippen molar-refractivity contribution in [1.82, 2.24) is 4.98 Å². The first kappa shape index (κ1) is 14.5. The van der Waals surface area contributed by atoms with Crippen molar-refractivity contribution in [1.29, 1.82) is 5.41 Å². The number of pyridine rings is 1. The largest absolute Gasteiger partial charge is 0.492 e. The van der Waals surface area contributed by atoms with Crippen molar-refractivity contribution >= 4 is 5.84 Å². The average Bonchev–Trinajstić information content (AvgIpc) is 2.38. The van der Waals surface area contributed by atoms with Gasteiger partial charge in [0.2, 0.25) is 0 Å². The Kier molecular flexibility index (Phi) is 6.84. The summed E-state index contributed by atoms with van der Waals surface area (Å²) in [4.78, 5) is 4.04. The minimum Gasteiger partial charge on any atom is -0.492 e. The molecular formula is C14H23N3O. The summed E-state index contributed by atoms with van der Waals surface area (Å²) in [6, 6.07) is 3.51. The fourth-order valence-electron chi connectivity index (χ4n) is 1.70. The molecule has 3 N–H and O–H groups in total. The first-order valence-electron chi connectivity index (χ1n) is 6.67. The molecule has 0 spiro atoms. The van der Waals surface area contributed by atoms with Crippen LogP contribution in [0.25, 0.3) is 0 Å². The van der Waals surface area contributed by atoms with Crippen LogP contribution in [-0.2, 0) is 0 Å². The molecule has 0 saturated heterocycles. The second-order valence-electron chi connectivity index (χ2n) is 4.41. The lowest BCUT2D eigenvalue weighted by molar-refractivity contribution is 0.303. The maximum Gasteiger partial charge on any atom is 0.141 e. The van der Waals surface area contributed by atoms with Crippen LogP contribution in [0.2, 0.25) is 0 Å². The van der Waals surface area contributed by atoms with E-state index in [-0.39, 0.29) is 5.84 Å². The van der Waals surface area contributed by atoms with Crippen molar-refractivity contribution in [3.05, 3.63) is 24.0 Å². The lowest BCUT2D eigenvalue weighted by Crippen LogP contribution is -2.12. The number of nitrogens with zero attached hydrogens (tertiary/aromatic N) is 1. The highest BCUT2D eigenvalue weighted by atomic mass is 16.5. The number of nitrogens with one attached hydrogen (secondary N) is 1. The molecule has 0 aliphatic heterocycles. The Morgan fingerprint density at radius 2 is 1.94 bits per heavy atom. The highest BCUT2D eigenvalue weighted by molar-refractivity contribution is 5.92. The van der Waals surface area contributed by atoms with Crippen LogP contribution in [0.1, 0.15) is 51.1 Å². The quantitative estimate of drug-likeness (QED) is 0.401. The zero-order valence-electron chi connectivity index (χ0n) is 11.1. The Morgan fingerprint density at radius 1 is 1.22 bits per heavy atom. The van der Waals surface area contributed by atoms with E-state index in [0.717, 1.165) is 18.8 Å². The summed E-state index contributed by atoms with van der Waals surface area (Å²) in [7, 11) is 0. The van der Waals surface area contributed by atoms with Crippen LogP contribution in [0.3, 0.4) is 0 Å². The number of hydrogen-bond acceptors (Lipinski definition) is 3. The Bertz CT molecular complexity index is 349. The Balaban J connectivity index is 2.14. The van der Waals surface area contributed by atoms with Crippen LogP contribution < -0.4 is 10.5 Å². The minimum absolute atomic E-state index is 0.0162. The molecule has 100 valence electrons. The van der Waals surface area contributed by atoms with Gasteiger partial charge in [0.25, 0.3) is 0 Å². The number of nitrogen functional groups attached to an aromatic ring is 1. The number of hydrogen-bond donors (Lipinski definition) is 2. The summed E-state index contributed by atoms with van der Waals surface area (Å²) in [5.74, 6) is 0.728. The molecule has 1 heterocycles. The molecule has 0 amide bonds. The molecular weight excluding hydrogens is 226 g/mol. The van der Waals surface area contributed by atoms with Crippen molar-refractivity contribution in [3.8, 4) is 5.75 Å². The molecule has 0 fully saturated rings. The molecule has 1 aromatic heterocycles. The van der Waals surface area contributed by atoms with E-state index >= 15 is 0 Å². The molecule has 0 bridgehead atoms. The van der Waals surface area contributed by atoms with Gasteiger partial charge in [-0.3, -0.25) is 5.41 Å².